The van der Waals surface area contributed by atoms with E-state index in [1.807, 2.05) is 21.1 Å². The predicted molar refractivity (Wildman–Crippen MR) is 247 cm³/mol. The van der Waals surface area contributed by atoms with Gasteiger partial charge in [-0.3, -0.25) is 18.6 Å². The molecule has 0 aliphatic heterocycles. The maximum absolute atomic E-state index is 12.7. The molecule has 0 radical (unpaired) electrons. The van der Waals surface area contributed by atoms with Crippen LogP contribution in [0.4, 0.5) is 0 Å². The molecule has 0 aromatic heterocycles. The Morgan fingerprint density at radius 3 is 1.37 bits per heavy atom. The highest BCUT2D eigenvalue weighted by Gasteiger charge is 2.27. The van der Waals surface area contributed by atoms with Gasteiger partial charge in [0.25, 0.3) is 0 Å². The number of carbonyl (C=O) groups excluding carboxylic acids is 2. The first-order valence-corrected chi connectivity index (χ1v) is 25.7. The van der Waals surface area contributed by atoms with Crippen LogP contribution in [-0.2, 0) is 32.7 Å². The molecule has 0 aliphatic rings. The number of phosphoric acid groups is 1. The van der Waals surface area contributed by atoms with Crippen LogP contribution in [0.15, 0.2) is 36.5 Å². The van der Waals surface area contributed by atoms with E-state index in [9.17, 15) is 19.0 Å². The van der Waals surface area contributed by atoms with E-state index < -0.39 is 26.5 Å². The van der Waals surface area contributed by atoms with Crippen LogP contribution in [0, 0.1) is 0 Å². The molecular weight excluding hydrogens is 762 g/mol. The predicted octanol–water partition coefficient (Wildman–Crippen LogP) is 14.1. The van der Waals surface area contributed by atoms with Crippen molar-refractivity contribution in [3.05, 3.63) is 36.5 Å². The number of nitrogens with zero attached hydrogens (tertiary/aromatic N) is 1. The quantitative estimate of drug-likeness (QED) is 0.0212. The highest BCUT2D eigenvalue weighted by atomic mass is 31.2. The lowest BCUT2D eigenvalue weighted by molar-refractivity contribution is -0.870. The standard InChI is InChI=1S/C49H92NO8P/c1-6-8-10-12-14-16-18-20-22-24-25-26-28-29-31-33-35-37-39-41-48(51)55-45-47(46-57-59(53,54)56-44-43-50(3,4)5)58-49(52)42-40-38-36-34-32-30-27-23-21-19-17-15-13-11-9-7-2/h17,19-20,22-23,27,47H,6-16,18,21,24-26,28-46H2,1-5H3/p+1/b19-17-,22-20-,27-23-. The summed E-state index contributed by atoms with van der Waals surface area (Å²) < 4.78 is 34.4. The third-order valence-electron chi connectivity index (χ3n) is 10.4. The number of allylic oxidation sites excluding steroid dienone is 6. The monoisotopic (exact) mass is 855 g/mol. The minimum absolute atomic E-state index is 0.0286. The molecule has 2 unspecified atom stereocenters. The van der Waals surface area contributed by atoms with Crippen molar-refractivity contribution in [1.29, 1.82) is 0 Å². The second-order valence-corrected chi connectivity index (χ2v) is 18.9. The van der Waals surface area contributed by atoms with Crippen molar-refractivity contribution in [2.24, 2.45) is 0 Å². The fourth-order valence-electron chi connectivity index (χ4n) is 6.57. The molecule has 0 heterocycles. The molecule has 0 rings (SSSR count). The Morgan fingerprint density at radius 1 is 0.525 bits per heavy atom. The van der Waals surface area contributed by atoms with Crippen molar-refractivity contribution < 1.29 is 42.1 Å². The molecule has 346 valence electrons. The molecule has 0 saturated heterocycles. The van der Waals surface area contributed by atoms with E-state index in [0.717, 1.165) is 57.8 Å². The zero-order valence-corrected chi connectivity index (χ0v) is 39.9. The number of unbranched alkanes of at least 4 members (excludes halogenated alkanes) is 24. The topological polar surface area (TPSA) is 108 Å². The second kappa shape index (κ2) is 41.6. The molecule has 9 nitrogen and oxygen atoms in total. The van der Waals surface area contributed by atoms with Crippen LogP contribution < -0.4 is 0 Å². The molecule has 59 heavy (non-hydrogen) atoms. The van der Waals surface area contributed by atoms with Crippen molar-refractivity contribution in [2.45, 2.75) is 219 Å². The van der Waals surface area contributed by atoms with Crippen molar-refractivity contribution in [1.82, 2.24) is 0 Å². The number of esters is 2. The van der Waals surface area contributed by atoms with Crippen molar-refractivity contribution in [3.63, 3.8) is 0 Å². The number of ether oxygens (including phenoxy) is 2. The minimum Gasteiger partial charge on any atom is -0.462 e. The lowest BCUT2D eigenvalue weighted by Crippen LogP contribution is -2.37. The zero-order valence-electron chi connectivity index (χ0n) is 39.0. The van der Waals surface area contributed by atoms with Crippen LogP contribution in [0.5, 0.6) is 0 Å². The Morgan fingerprint density at radius 2 is 0.915 bits per heavy atom. The molecule has 0 bridgehead atoms. The van der Waals surface area contributed by atoms with Gasteiger partial charge in [-0.15, -0.1) is 0 Å². The van der Waals surface area contributed by atoms with Gasteiger partial charge in [0.1, 0.15) is 19.8 Å². The molecule has 10 heteroatoms. The van der Waals surface area contributed by atoms with Gasteiger partial charge in [0.2, 0.25) is 0 Å². The van der Waals surface area contributed by atoms with E-state index in [1.54, 1.807) is 0 Å². The Balaban J connectivity index is 4.30. The minimum atomic E-state index is -4.38. The molecule has 2 atom stereocenters. The van der Waals surface area contributed by atoms with E-state index in [2.05, 4.69) is 50.3 Å². The van der Waals surface area contributed by atoms with Crippen LogP contribution in [0.1, 0.15) is 213 Å². The molecule has 0 aromatic carbocycles. The van der Waals surface area contributed by atoms with Crippen LogP contribution in [0.25, 0.3) is 0 Å². The van der Waals surface area contributed by atoms with E-state index in [4.69, 9.17) is 18.5 Å². The Kier molecular flexibility index (Phi) is 40.3. The molecule has 0 aromatic rings. The fraction of sp³-hybridized carbons (Fsp3) is 0.837. The smallest absolute Gasteiger partial charge is 0.462 e. The number of likely N-dealkylation sites (N-methyl/N-ethyl adjacent to an activating group) is 1. The Hall–Kier alpha value is -1.77. The third kappa shape index (κ3) is 45.6. The summed E-state index contributed by atoms with van der Waals surface area (Å²) in [5.41, 5.74) is 0. The number of phosphoric ester groups is 1. The number of rotatable bonds is 44. The SMILES string of the molecule is CCCCCC/C=C\C/C=C\CCCCCCCC(=O)OC(COC(=O)CCCCCCCCCCC/C=C\CCCCCCCC)COP(=O)(O)OCC[N+](C)(C)C. The first kappa shape index (κ1) is 57.2. The highest BCUT2D eigenvalue weighted by Crippen LogP contribution is 2.43. The first-order chi connectivity index (χ1) is 28.5. The molecule has 0 fully saturated rings. The number of quaternary nitrogens is 1. The maximum Gasteiger partial charge on any atom is 0.472 e. The maximum atomic E-state index is 12.7. The number of hydrogen-bond donors (Lipinski definition) is 1. The fourth-order valence-corrected chi connectivity index (χ4v) is 7.31. The summed E-state index contributed by atoms with van der Waals surface area (Å²) in [6.45, 7) is 4.40. The lowest BCUT2D eigenvalue weighted by atomic mass is 10.1. The summed E-state index contributed by atoms with van der Waals surface area (Å²) in [6.07, 6.45) is 47.6. The van der Waals surface area contributed by atoms with E-state index >= 15 is 0 Å². The average Bonchev–Trinajstić information content (AvgIpc) is 3.19. The second-order valence-electron chi connectivity index (χ2n) is 17.5. The summed E-state index contributed by atoms with van der Waals surface area (Å²) in [6, 6.07) is 0. The largest absolute Gasteiger partial charge is 0.472 e. The van der Waals surface area contributed by atoms with Gasteiger partial charge >= 0.3 is 19.8 Å². The third-order valence-corrected chi connectivity index (χ3v) is 11.4. The molecule has 1 N–H and O–H groups in total. The van der Waals surface area contributed by atoms with E-state index in [0.29, 0.717) is 17.4 Å². The Labute approximate surface area is 363 Å². The van der Waals surface area contributed by atoms with Crippen LogP contribution in [0.3, 0.4) is 0 Å². The van der Waals surface area contributed by atoms with Crippen LogP contribution in [0.2, 0.25) is 0 Å². The molecule has 0 amide bonds. The van der Waals surface area contributed by atoms with Gasteiger partial charge in [0.15, 0.2) is 6.10 Å². The van der Waals surface area contributed by atoms with Crippen molar-refractivity contribution >= 4 is 19.8 Å². The molecule has 0 saturated carbocycles. The lowest BCUT2D eigenvalue weighted by Gasteiger charge is -2.24. The number of hydrogen-bond acceptors (Lipinski definition) is 7. The van der Waals surface area contributed by atoms with Gasteiger partial charge in [-0.05, 0) is 70.6 Å². The Bertz CT molecular complexity index is 1100. The van der Waals surface area contributed by atoms with Gasteiger partial charge in [0.05, 0.1) is 27.7 Å². The summed E-state index contributed by atoms with van der Waals surface area (Å²) in [4.78, 5) is 35.5. The van der Waals surface area contributed by atoms with Crippen molar-refractivity contribution in [2.75, 3.05) is 47.5 Å². The van der Waals surface area contributed by atoms with Crippen LogP contribution in [-0.4, -0.2) is 74.9 Å². The van der Waals surface area contributed by atoms with Gasteiger partial charge in [-0.2, -0.15) is 0 Å². The van der Waals surface area contributed by atoms with Gasteiger partial charge in [0, 0.05) is 12.8 Å². The van der Waals surface area contributed by atoms with Gasteiger partial charge in [-0.1, -0.05) is 166 Å². The summed E-state index contributed by atoms with van der Waals surface area (Å²) in [5.74, 6) is -0.812. The number of carbonyl (C=O) groups is 2. The van der Waals surface area contributed by atoms with E-state index in [1.165, 1.54) is 122 Å². The normalized spacial score (nSPS) is 13.8. The van der Waals surface area contributed by atoms with Gasteiger partial charge in [-0.25, -0.2) is 4.57 Å². The van der Waals surface area contributed by atoms with E-state index in [-0.39, 0.29) is 32.0 Å². The highest BCUT2D eigenvalue weighted by molar-refractivity contribution is 7.47. The average molecular weight is 855 g/mol. The summed E-state index contributed by atoms with van der Waals surface area (Å²) >= 11 is 0. The van der Waals surface area contributed by atoms with Crippen LogP contribution >= 0.6 is 7.82 Å². The first-order valence-electron chi connectivity index (χ1n) is 24.2. The molecule has 0 aliphatic carbocycles. The van der Waals surface area contributed by atoms with Gasteiger partial charge < -0.3 is 18.9 Å². The zero-order chi connectivity index (χ0) is 43.6. The summed E-state index contributed by atoms with van der Waals surface area (Å²) in [7, 11) is 1.47. The molecular formula is C49H93NO8P+. The summed E-state index contributed by atoms with van der Waals surface area (Å²) in [5, 5.41) is 0. The molecule has 0 spiro atoms. The van der Waals surface area contributed by atoms with Crippen molar-refractivity contribution in [3.8, 4) is 0 Å².